The summed E-state index contributed by atoms with van der Waals surface area (Å²) >= 11 is 0. The lowest BCUT2D eigenvalue weighted by Gasteiger charge is -2.39. The zero-order valence-corrected chi connectivity index (χ0v) is 16.0. The molecule has 1 aromatic heterocycles. The highest BCUT2D eigenvalue weighted by Gasteiger charge is 2.38. The van der Waals surface area contributed by atoms with Gasteiger partial charge in [0.15, 0.2) is 0 Å². The Labute approximate surface area is 159 Å². The second-order valence-corrected chi connectivity index (χ2v) is 6.83. The van der Waals surface area contributed by atoms with Gasteiger partial charge in [0.2, 0.25) is 0 Å². The van der Waals surface area contributed by atoms with Crippen LogP contribution in [0.3, 0.4) is 0 Å². The lowest BCUT2D eigenvalue weighted by atomic mass is 9.92. The highest BCUT2D eigenvalue weighted by Crippen LogP contribution is 2.42. The third-order valence-electron chi connectivity index (χ3n) is 5.11. The molecule has 1 fully saturated rings. The van der Waals surface area contributed by atoms with E-state index in [-0.39, 0.29) is 6.04 Å². The Morgan fingerprint density at radius 1 is 1.19 bits per heavy atom. The van der Waals surface area contributed by atoms with Gasteiger partial charge in [0, 0.05) is 6.20 Å². The highest BCUT2D eigenvalue weighted by molar-refractivity contribution is 5.74. The first-order valence-corrected chi connectivity index (χ1v) is 9.18. The number of likely N-dealkylation sites (tertiary alicyclic amines) is 1. The van der Waals surface area contributed by atoms with Crippen LogP contribution in [0.1, 0.15) is 42.1 Å². The maximum Gasteiger partial charge on any atom is 0.320 e. The van der Waals surface area contributed by atoms with E-state index in [9.17, 15) is 9.90 Å². The number of hydrogen-bond donors (Lipinski definition) is 1. The van der Waals surface area contributed by atoms with Crippen molar-refractivity contribution < 1.29 is 19.4 Å². The molecule has 0 aliphatic carbocycles. The van der Waals surface area contributed by atoms with E-state index in [1.807, 2.05) is 48.4 Å². The summed E-state index contributed by atoms with van der Waals surface area (Å²) in [5.74, 6) is 0.522. The number of aliphatic carboxylic acids is 1. The van der Waals surface area contributed by atoms with Crippen LogP contribution in [-0.2, 0) is 4.79 Å². The molecular weight excluding hydrogens is 344 g/mol. The average molecular weight is 370 g/mol. The highest BCUT2D eigenvalue weighted by atomic mass is 16.5. The predicted molar refractivity (Wildman–Crippen MR) is 102 cm³/mol. The first-order valence-electron chi connectivity index (χ1n) is 9.18. The molecule has 0 bridgehead atoms. The molecule has 1 aliphatic heterocycles. The Kier molecular flexibility index (Phi) is 5.96. The van der Waals surface area contributed by atoms with E-state index in [1.54, 1.807) is 14.2 Å². The van der Waals surface area contributed by atoms with E-state index in [0.29, 0.717) is 24.5 Å². The smallest absolute Gasteiger partial charge is 0.320 e. The van der Waals surface area contributed by atoms with Crippen molar-refractivity contribution in [1.29, 1.82) is 0 Å². The summed E-state index contributed by atoms with van der Waals surface area (Å²) in [6, 6.07) is 8.64. The van der Waals surface area contributed by atoms with E-state index in [0.717, 1.165) is 29.7 Å². The van der Waals surface area contributed by atoms with Gasteiger partial charge < -0.3 is 14.6 Å². The number of hydrogen-bond acceptors (Lipinski definition) is 5. The standard InChI is InChI=1S/C21H26N2O4/c1-14-10-11-15(22-13-14)20(23-12-5-4-7-16(23)21(24)25)19-17(26-2)8-6-9-18(19)27-3/h6,8-11,13,16,20H,4-5,7,12H2,1-3H3,(H,24,25). The first kappa shape index (κ1) is 19.2. The zero-order chi connectivity index (χ0) is 19.4. The van der Waals surface area contributed by atoms with Crippen molar-refractivity contribution >= 4 is 5.97 Å². The molecule has 1 aromatic carbocycles. The third kappa shape index (κ3) is 3.90. The molecule has 1 aliphatic rings. The number of pyridine rings is 1. The molecule has 3 rings (SSSR count). The van der Waals surface area contributed by atoms with E-state index in [4.69, 9.17) is 9.47 Å². The van der Waals surface area contributed by atoms with Gasteiger partial charge in [0.1, 0.15) is 17.5 Å². The fraction of sp³-hybridized carbons (Fsp3) is 0.429. The molecule has 2 heterocycles. The Bertz CT molecular complexity index is 769. The molecule has 0 amide bonds. The third-order valence-corrected chi connectivity index (χ3v) is 5.11. The van der Waals surface area contributed by atoms with Gasteiger partial charge in [-0.3, -0.25) is 14.7 Å². The number of carboxylic acids is 1. The van der Waals surface area contributed by atoms with Gasteiger partial charge in [0.05, 0.1) is 31.5 Å². The van der Waals surface area contributed by atoms with Crippen molar-refractivity contribution in [2.75, 3.05) is 20.8 Å². The summed E-state index contributed by atoms with van der Waals surface area (Å²) in [5, 5.41) is 9.82. The molecule has 1 N–H and O–H groups in total. The SMILES string of the molecule is COc1cccc(OC)c1C(c1ccc(C)cn1)N1CCCCC1C(=O)O. The van der Waals surface area contributed by atoms with Gasteiger partial charge in [-0.15, -0.1) is 0 Å². The van der Waals surface area contributed by atoms with Gasteiger partial charge in [-0.1, -0.05) is 18.6 Å². The van der Waals surface area contributed by atoms with Crippen LogP contribution in [0, 0.1) is 6.92 Å². The number of aryl methyl sites for hydroxylation is 1. The van der Waals surface area contributed by atoms with Gasteiger partial charge in [0.25, 0.3) is 0 Å². The minimum atomic E-state index is -0.805. The lowest BCUT2D eigenvalue weighted by molar-refractivity contribution is -0.145. The van der Waals surface area contributed by atoms with Crippen LogP contribution >= 0.6 is 0 Å². The number of aromatic nitrogens is 1. The number of benzene rings is 1. The molecule has 1 saturated heterocycles. The van der Waals surface area contributed by atoms with Crippen molar-refractivity contribution in [3.63, 3.8) is 0 Å². The largest absolute Gasteiger partial charge is 0.496 e. The molecule has 2 atom stereocenters. The van der Waals surface area contributed by atoms with Gasteiger partial charge in [-0.05, 0) is 50.1 Å². The normalized spacial score (nSPS) is 18.7. The van der Waals surface area contributed by atoms with Gasteiger partial charge in [-0.2, -0.15) is 0 Å². The maximum absolute atomic E-state index is 12.0. The predicted octanol–water partition coefficient (Wildman–Crippen LogP) is 3.44. The number of piperidine rings is 1. The maximum atomic E-state index is 12.0. The molecule has 144 valence electrons. The molecule has 0 spiro atoms. The number of methoxy groups -OCH3 is 2. The van der Waals surface area contributed by atoms with E-state index >= 15 is 0 Å². The quantitative estimate of drug-likeness (QED) is 0.840. The second-order valence-electron chi connectivity index (χ2n) is 6.83. The molecular formula is C21H26N2O4. The van der Waals surface area contributed by atoms with Crippen molar-refractivity contribution in [3.8, 4) is 11.5 Å². The number of carboxylic acid groups (broad SMARTS) is 1. The summed E-state index contributed by atoms with van der Waals surface area (Å²) in [4.78, 5) is 18.6. The average Bonchev–Trinajstić information content (AvgIpc) is 2.70. The van der Waals surface area contributed by atoms with Crippen LogP contribution in [0.2, 0.25) is 0 Å². The Balaban J connectivity index is 2.19. The summed E-state index contributed by atoms with van der Waals surface area (Å²) < 4.78 is 11.2. The fourth-order valence-corrected chi connectivity index (χ4v) is 3.80. The number of ether oxygens (including phenoxy) is 2. The van der Waals surface area contributed by atoms with Gasteiger partial charge >= 0.3 is 5.97 Å². The monoisotopic (exact) mass is 370 g/mol. The van der Waals surface area contributed by atoms with Gasteiger partial charge in [-0.25, -0.2) is 0 Å². The fourth-order valence-electron chi connectivity index (χ4n) is 3.80. The lowest BCUT2D eigenvalue weighted by Crippen LogP contribution is -2.47. The van der Waals surface area contributed by atoms with Crippen LogP contribution in [0.15, 0.2) is 36.5 Å². The molecule has 27 heavy (non-hydrogen) atoms. The van der Waals surface area contributed by atoms with Crippen molar-refractivity contribution in [3.05, 3.63) is 53.3 Å². The molecule has 6 nitrogen and oxygen atoms in total. The first-order chi connectivity index (χ1) is 13.1. The Morgan fingerprint density at radius 2 is 1.89 bits per heavy atom. The summed E-state index contributed by atoms with van der Waals surface area (Å²) in [6.45, 7) is 2.66. The summed E-state index contributed by atoms with van der Waals surface area (Å²) in [6.07, 6.45) is 4.29. The van der Waals surface area contributed by atoms with E-state index in [1.165, 1.54) is 0 Å². The number of carbonyl (C=O) groups is 1. The van der Waals surface area contributed by atoms with Crippen LogP contribution in [0.25, 0.3) is 0 Å². The van der Waals surface area contributed by atoms with Crippen LogP contribution in [-0.4, -0.2) is 47.8 Å². The van der Waals surface area contributed by atoms with E-state index in [2.05, 4.69) is 4.98 Å². The Morgan fingerprint density at radius 3 is 2.44 bits per heavy atom. The molecule has 2 aromatic rings. The van der Waals surface area contributed by atoms with Crippen molar-refractivity contribution in [1.82, 2.24) is 9.88 Å². The summed E-state index contributed by atoms with van der Waals surface area (Å²) in [7, 11) is 3.23. The van der Waals surface area contributed by atoms with Crippen LogP contribution < -0.4 is 9.47 Å². The van der Waals surface area contributed by atoms with Crippen molar-refractivity contribution in [2.45, 2.75) is 38.3 Å². The second kappa shape index (κ2) is 8.39. The minimum Gasteiger partial charge on any atom is -0.496 e. The number of nitrogens with zero attached hydrogens (tertiary/aromatic N) is 2. The topological polar surface area (TPSA) is 71.9 Å². The van der Waals surface area contributed by atoms with Crippen molar-refractivity contribution in [2.24, 2.45) is 0 Å². The Hall–Kier alpha value is -2.60. The molecule has 6 heteroatoms. The number of rotatable bonds is 6. The minimum absolute atomic E-state index is 0.363. The zero-order valence-electron chi connectivity index (χ0n) is 16.0. The molecule has 0 radical (unpaired) electrons. The summed E-state index contributed by atoms with van der Waals surface area (Å²) in [5.41, 5.74) is 2.65. The van der Waals surface area contributed by atoms with E-state index < -0.39 is 12.0 Å². The van der Waals surface area contributed by atoms with Crippen LogP contribution in [0.4, 0.5) is 0 Å². The van der Waals surface area contributed by atoms with Crippen LogP contribution in [0.5, 0.6) is 11.5 Å². The molecule has 2 unspecified atom stereocenters. The molecule has 0 saturated carbocycles.